The first kappa shape index (κ1) is 14.2. The van der Waals surface area contributed by atoms with Gasteiger partial charge in [-0.05, 0) is 16.7 Å². The zero-order chi connectivity index (χ0) is 12.6. The maximum atomic E-state index is 9.98. The average Bonchev–Trinajstić information content (AvgIpc) is 2.19. The van der Waals surface area contributed by atoms with Crippen molar-refractivity contribution in [3.63, 3.8) is 0 Å². The van der Waals surface area contributed by atoms with E-state index in [2.05, 4.69) is 4.52 Å². The number of hydrogen-bond acceptors (Lipinski definition) is 5. The molecule has 6 nitrogen and oxygen atoms in total. The topological polar surface area (TPSA) is 104 Å². The Bertz CT molecular complexity index is 363. The van der Waals surface area contributed by atoms with Crippen LogP contribution in [0.1, 0.15) is 6.92 Å². The molecule has 0 aromatic heterocycles. The first-order valence-corrected chi connectivity index (χ1v) is 5.14. The molecule has 0 spiro atoms. The molecule has 0 bridgehead atoms. The highest BCUT2D eigenvalue weighted by Crippen LogP contribution is 2.18. The summed E-state index contributed by atoms with van der Waals surface area (Å²) < 4.78 is 14.4. The lowest BCUT2D eigenvalue weighted by Gasteiger charge is -1.90. The van der Waals surface area contributed by atoms with Crippen LogP contribution in [0.2, 0.25) is 0 Å². The van der Waals surface area contributed by atoms with Gasteiger partial charge in [-0.3, -0.25) is 9.32 Å². The Labute approximate surface area is 92.4 Å². The van der Waals surface area contributed by atoms with Crippen molar-refractivity contribution in [3.05, 3.63) is 30.3 Å². The first-order valence-electron chi connectivity index (χ1n) is 4.04. The number of carbonyl (C=O) groups excluding carboxylic acids is 1. The number of ketones is 1. The summed E-state index contributed by atoms with van der Waals surface area (Å²) in [6.45, 7) is 1.00. The van der Waals surface area contributed by atoms with E-state index in [-0.39, 0.29) is 0 Å². The lowest BCUT2D eigenvalue weighted by molar-refractivity contribution is -0.178. The summed E-state index contributed by atoms with van der Waals surface area (Å²) >= 11 is 0. The van der Waals surface area contributed by atoms with Gasteiger partial charge in [-0.1, -0.05) is 18.2 Å². The van der Waals surface area contributed by atoms with Crippen LogP contribution in [-0.4, -0.2) is 16.9 Å². The van der Waals surface area contributed by atoms with E-state index in [4.69, 9.17) is 5.11 Å². The van der Waals surface area contributed by atoms with Crippen molar-refractivity contribution < 1.29 is 28.7 Å². The smallest absolute Gasteiger partial charge is 0.539 e. The number of benzene rings is 1. The van der Waals surface area contributed by atoms with Crippen LogP contribution in [0.5, 0.6) is 5.75 Å². The van der Waals surface area contributed by atoms with Crippen LogP contribution < -0.4 is 9.42 Å². The summed E-state index contributed by atoms with van der Waals surface area (Å²) in [5.41, 5.74) is 0. The van der Waals surface area contributed by atoms with Crippen LogP contribution in [0.4, 0.5) is 0 Å². The molecule has 1 rings (SSSR count). The van der Waals surface area contributed by atoms with Crippen molar-refractivity contribution in [1.82, 2.24) is 0 Å². The van der Waals surface area contributed by atoms with E-state index in [1.54, 1.807) is 30.3 Å². The summed E-state index contributed by atoms with van der Waals surface area (Å²) in [4.78, 5) is 28.9. The molecule has 0 aliphatic carbocycles. The standard InChI is InChI=1S/C6H5O3P.C3H4O3/c7-10(8)9-6-4-2-1-3-5-6;1-2(4)3(5)6/h1-5H;1H3,(H,5,6). The highest BCUT2D eigenvalue weighted by atomic mass is 31.1. The minimum Gasteiger partial charge on any atom is -0.558 e. The number of carboxylic acids is 1. The molecule has 1 N–H and O–H groups in total. The molecule has 86 valence electrons. The second-order valence-electron chi connectivity index (χ2n) is 2.49. The fourth-order valence-corrected chi connectivity index (χ4v) is 0.861. The second-order valence-corrected chi connectivity index (χ2v) is 3.12. The fraction of sp³-hybridized carbons (Fsp3) is 0.111. The molecular formula is C9H9O6P. The molecule has 0 saturated carbocycles. The number of carbonyl (C=O) groups is 2. The van der Waals surface area contributed by atoms with Crippen molar-refractivity contribution in [1.29, 1.82) is 0 Å². The van der Waals surface area contributed by atoms with E-state index in [0.29, 0.717) is 5.75 Å². The SMILES string of the molecule is CC(=O)C(=O)O.O=[P+]([O-])Oc1ccccc1. The molecule has 0 heterocycles. The minimum atomic E-state index is -2.78. The zero-order valence-electron chi connectivity index (χ0n) is 8.32. The van der Waals surface area contributed by atoms with E-state index in [0.717, 1.165) is 6.92 Å². The molecule has 0 saturated heterocycles. The summed E-state index contributed by atoms with van der Waals surface area (Å²) in [5.74, 6) is -1.86. The van der Waals surface area contributed by atoms with Crippen molar-refractivity contribution in [3.8, 4) is 5.75 Å². The molecule has 16 heavy (non-hydrogen) atoms. The van der Waals surface area contributed by atoms with Gasteiger partial charge < -0.3 is 10.00 Å². The predicted molar refractivity (Wildman–Crippen MR) is 53.0 cm³/mol. The number of hydrogen-bond donors (Lipinski definition) is 1. The maximum absolute atomic E-state index is 9.98. The van der Waals surface area contributed by atoms with Crippen molar-refractivity contribution in [2.24, 2.45) is 0 Å². The maximum Gasteiger partial charge on any atom is 0.539 e. The molecule has 0 amide bonds. The summed E-state index contributed by atoms with van der Waals surface area (Å²) in [6.07, 6.45) is 0. The third-order valence-corrected chi connectivity index (χ3v) is 1.58. The Hall–Kier alpha value is -1.78. The molecule has 1 atom stereocenters. The third kappa shape index (κ3) is 7.61. The van der Waals surface area contributed by atoms with Gasteiger partial charge in [0.25, 0.3) is 0 Å². The quantitative estimate of drug-likeness (QED) is 0.621. The van der Waals surface area contributed by atoms with Crippen molar-refractivity contribution >= 4 is 20.0 Å². The van der Waals surface area contributed by atoms with Gasteiger partial charge in [0.05, 0.1) is 0 Å². The van der Waals surface area contributed by atoms with Gasteiger partial charge in [0, 0.05) is 6.92 Å². The monoisotopic (exact) mass is 244 g/mol. The number of carboxylic acid groups (broad SMARTS) is 1. The molecule has 1 unspecified atom stereocenters. The normalized spacial score (nSPS) is 9.50. The molecule has 1 aromatic rings. The Morgan fingerprint density at radius 1 is 1.31 bits per heavy atom. The lowest BCUT2D eigenvalue weighted by Crippen LogP contribution is -2.05. The lowest BCUT2D eigenvalue weighted by atomic mass is 10.3. The Balaban J connectivity index is 0.000000325. The number of aliphatic carboxylic acids is 1. The summed E-state index contributed by atoms with van der Waals surface area (Å²) in [5, 5.41) is 7.64. The van der Waals surface area contributed by atoms with Gasteiger partial charge in [0.2, 0.25) is 5.78 Å². The third-order valence-electron chi connectivity index (χ3n) is 1.22. The molecule has 0 fully saturated rings. The van der Waals surface area contributed by atoms with Crippen molar-refractivity contribution in [2.75, 3.05) is 0 Å². The van der Waals surface area contributed by atoms with E-state index in [9.17, 15) is 19.0 Å². The molecule has 7 heteroatoms. The molecule has 0 aliphatic heterocycles. The van der Waals surface area contributed by atoms with E-state index < -0.39 is 20.0 Å². The highest BCUT2D eigenvalue weighted by Gasteiger charge is 2.01. The van der Waals surface area contributed by atoms with Crippen LogP contribution in [0.25, 0.3) is 0 Å². The average molecular weight is 244 g/mol. The Kier molecular flexibility index (Phi) is 6.67. The highest BCUT2D eigenvalue weighted by molar-refractivity contribution is 7.31. The summed E-state index contributed by atoms with van der Waals surface area (Å²) in [7, 11) is -2.78. The van der Waals surface area contributed by atoms with Crippen LogP contribution in [0.15, 0.2) is 30.3 Å². The largest absolute Gasteiger partial charge is 0.558 e. The van der Waals surface area contributed by atoms with Crippen molar-refractivity contribution in [2.45, 2.75) is 6.92 Å². The molecule has 0 radical (unpaired) electrons. The van der Waals surface area contributed by atoms with E-state index in [1.807, 2.05) is 0 Å². The van der Waals surface area contributed by atoms with Crippen LogP contribution in [-0.2, 0) is 14.2 Å². The second kappa shape index (κ2) is 7.50. The van der Waals surface area contributed by atoms with Gasteiger partial charge in [0.1, 0.15) is 0 Å². The molecular weight excluding hydrogens is 235 g/mol. The van der Waals surface area contributed by atoms with Gasteiger partial charge in [-0.25, -0.2) is 4.79 Å². The van der Waals surface area contributed by atoms with Gasteiger partial charge >= 0.3 is 14.2 Å². The van der Waals surface area contributed by atoms with Gasteiger partial charge in [-0.15, -0.1) is 0 Å². The Morgan fingerprint density at radius 3 is 2.06 bits per heavy atom. The summed E-state index contributed by atoms with van der Waals surface area (Å²) in [6, 6.07) is 8.34. The van der Waals surface area contributed by atoms with Crippen LogP contribution >= 0.6 is 8.25 Å². The van der Waals surface area contributed by atoms with Crippen LogP contribution in [0.3, 0.4) is 0 Å². The molecule has 0 aliphatic rings. The predicted octanol–water partition coefficient (Wildman–Crippen LogP) is 0.743. The molecule has 1 aromatic carbocycles. The number of para-hydroxylation sites is 1. The first-order chi connectivity index (χ1) is 7.43. The van der Waals surface area contributed by atoms with E-state index in [1.165, 1.54) is 0 Å². The van der Waals surface area contributed by atoms with Crippen LogP contribution in [0, 0.1) is 0 Å². The van der Waals surface area contributed by atoms with Gasteiger partial charge in [0.15, 0.2) is 5.75 Å². The minimum absolute atomic E-state index is 0.346. The van der Waals surface area contributed by atoms with E-state index >= 15 is 0 Å². The fourth-order valence-electron chi connectivity index (χ4n) is 0.567. The number of Topliss-reactive ketones (excluding diaryl/α,β-unsaturated/α-hetero) is 1. The zero-order valence-corrected chi connectivity index (χ0v) is 9.22. The van der Waals surface area contributed by atoms with Gasteiger partial charge in [-0.2, -0.15) is 0 Å². The number of rotatable bonds is 3. The Morgan fingerprint density at radius 2 is 1.75 bits per heavy atom.